The lowest BCUT2D eigenvalue weighted by Gasteiger charge is -2.30. The molecule has 0 aromatic heterocycles. The molecular weight excluding hydrogens is 422 g/mol. The third-order valence-corrected chi connectivity index (χ3v) is 5.79. The van der Waals surface area contributed by atoms with Crippen molar-refractivity contribution in [1.29, 1.82) is 0 Å². The fraction of sp³-hybridized carbons (Fsp3) is 0.440. The first-order valence-electron chi connectivity index (χ1n) is 11.6. The number of ether oxygens (including phenoxy) is 3. The van der Waals surface area contributed by atoms with E-state index in [9.17, 15) is 9.59 Å². The topological polar surface area (TPSA) is 89.1 Å². The monoisotopic (exact) mass is 453 g/mol. The van der Waals surface area contributed by atoms with Crippen molar-refractivity contribution in [1.82, 2.24) is 5.32 Å². The minimum Gasteiger partial charge on any atom is -0.454 e. The maximum Gasteiger partial charge on any atom is 0.255 e. The Morgan fingerprint density at radius 1 is 1.00 bits per heavy atom. The number of benzene rings is 2. The van der Waals surface area contributed by atoms with E-state index in [1.165, 1.54) is 6.42 Å². The molecule has 0 atom stereocenters. The van der Waals surface area contributed by atoms with Crippen molar-refractivity contribution in [2.24, 2.45) is 0 Å². The molecule has 1 saturated heterocycles. The Morgan fingerprint density at radius 2 is 1.82 bits per heavy atom. The van der Waals surface area contributed by atoms with Crippen LogP contribution < -0.4 is 25.0 Å². The molecule has 0 bridgehead atoms. The zero-order valence-corrected chi connectivity index (χ0v) is 19.0. The van der Waals surface area contributed by atoms with Crippen molar-refractivity contribution in [3.05, 3.63) is 47.5 Å². The molecule has 2 aliphatic heterocycles. The quantitative estimate of drug-likeness (QED) is 0.561. The summed E-state index contributed by atoms with van der Waals surface area (Å²) in [6, 6.07) is 10.6. The molecule has 33 heavy (non-hydrogen) atoms. The van der Waals surface area contributed by atoms with E-state index < -0.39 is 0 Å². The summed E-state index contributed by atoms with van der Waals surface area (Å²) in [7, 11) is 0. The van der Waals surface area contributed by atoms with Crippen molar-refractivity contribution in [3.63, 3.8) is 0 Å². The van der Waals surface area contributed by atoms with Gasteiger partial charge in [-0.25, -0.2) is 0 Å². The van der Waals surface area contributed by atoms with Gasteiger partial charge in [-0.3, -0.25) is 9.59 Å². The van der Waals surface area contributed by atoms with Gasteiger partial charge in [-0.1, -0.05) is 0 Å². The molecule has 0 radical (unpaired) electrons. The number of fused-ring (bicyclic) bond motifs is 1. The summed E-state index contributed by atoms with van der Waals surface area (Å²) in [5.41, 5.74) is 2.49. The second kappa shape index (κ2) is 11.0. The average molecular weight is 454 g/mol. The van der Waals surface area contributed by atoms with E-state index in [2.05, 4.69) is 15.5 Å². The van der Waals surface area contributed by atoms with Gasteiger partial charge in [-0.15, -0.1) is 0 Å². The maximum absolute atomic E-state index is 13.1. The number of piperidine rings is 1. The first-order valence-corrected chi connectivity index (χ1v) is 11.6. The van der Waals surface area contributed by atoms with Gasteiger partial charge < -0.3 is 29.7 Å². The molecule has 2 aromatic rings. The summed E-state index contributed by atoms with van der Waals surface area (Å²) >= 11 is 0. The van der Waals surface area contributed by atoms with Crippen molar-refractivity contribution >= 4 is 23.2 Å². The Hall–Kier alpha value is -3.26. The number of carbonyl (C=O) groups is 2. The van der Waals surface area contributed by atoms with Crippen molar-refractivity contribution < 1.29 is 23.8 Å². The van der Waals surface area contributed by atoms with E-state index in [1.54, 1.807) is 24.3 Å². The largest absolute Gasteiger partial charge is 0.454 e. The Kier molecular flexibility index (Phi) is 7.67. The lowest BCUT2D eigenvalue weighted by atomic mass is 10.1. The zero-order chi connectivity index (χ0) is 23.0. The van der Waals surface area contributed by atoms with Gasteiger partial charge in [0.15, 0.2) is 11.5 Å². The van der Waals surface area contributed by atoms with E-state index in [0.717, 1.165) is 38.0 Å². The number of rotatable bonds is 9. The average Bonchev–Trinajstić information content (AvgIpc) is 3.32. The first-order chi connectivity index (χ1) is 16.2. The fourth-order valence-corrected chi connectivity index (χ4v) is 4.06. The van der Waals surface area contributed by atoms with E-state index in [4.69, 9.17) is 14.2 Å². The van der Waals surface area contributed by atoms with Crippen molar-refractivity contribution in [2.45, 2.75) is 32.6 Å². The minimum atomic E-state index is -0.276. The number of hydrogen-bond donors (Lipinski definition) is 2. The SMILES string of the molecule is CCOCCCNC(=O)c1cc(NC(=O)c2ccc3c(c2)OCO3)ccc1N1CCCCC1. The van der Waals surface area contributed by atoms with Gasteiger partial charge in [0.05, 0.1) is 5.56 Å². The Balaban J connectivity index is 1.50. The molecule has 1 fully saturated rings. The Bertz CT molecular complexity index is 988. The van der Waals surface area contributed by atoms with Gasteiger partial charge in [-0.2, -0.15) is 0 Å². The van der Waals surface area contributed by atoms with E-state index in [1.807, 2.05) is 19.1 Å². The van der Waals surface area contributed by atoms with Crippen molar-refractivity contribution in [3.8, 4) is 11.5 Å². The number of nitrogens with zero attached hydrogens (tertiary/aromatic N) is 1. The lowest BCUT2D eigenvalue weighted by molar-refractivity contribution is 0.0943. The number of nitrogens with one attached hydrogen (secondary N) is 2. The van der Waals surface area contributed by atoms with Gasteiger partial charge >= 0.3 is 0 Å². The highest BCUT2D eigenvalue weighted by molar-refractivity contribution is 6.06. The van der Waals surface area contributed by atoms with Crippen LogP contribution >= 0.6 is 0 Å². The minimum absolute atomic E-state index is 0.147. The third-order valence-electron chi connectivity index (χ3n) is 5.79. The summed E-state index contributed by atoms with van der Waals surface area (Å²) in [4.78, 5) is 28.1. The van der Waals surface area contributed by atoms with Crippen LogP contribution in [0.3, 0.4) is 0 Å². The van der Waals surface area contributed by atoms with Gasteiger partial charge in [-0.05, 0) is 69.0 Å². The highest BCUT2D eigenvalue weighted by Crippen LogP contribution is 2.33. The second-order valence-electron chi connectivity index (χ2n) is 8.11. The van der Waals surface area contributed by atoms with Crippen LogP contribution in [-0.4, -0.2) is 51.5 Å². The first kappa shape index (κ1) is 22.9. The van der Waals surface area contributed by atoms with Gasteiger partial charge in [0.2, 0.25) is 6.79 Å². The highest BCUT2D eigenvalue weighted by Gasteiger charge is 2.21. The standard InChI is InChI=1S/C25H31N3O5/c1-2-31-14-6-11-26-25(30)20-16-19(8-9-21(20)28-12-4-3-5-13-28)27-24(29)18-7-10-22-23(15-18)33-17-32-22/h7-10,15-16H,2-6,11-14,17H2,1H3,(H,26,30)(H,27,29). The smallest absolute Gasteiger partial charge is 0.255 e. The predicted octanol–water partition coefficient (Wildman–Crippen LogP) is 3.81. The summed E-state index contributed by atoms with van der Waals surface area (Å²) in [6.45, 7) is 5.76. The third kappa shape index (κ3) is 5.76. The van der Waals surface area contributed by atoms with Crippen LogP contribution in [0.25, 0.3) is 0 Å². The normalized spacial score (nSPS) is 14.8. The molecule has 176 valence electrons. The molecule has 0 saturated carbocycles. The fourth-order valence-electron chi connectivity index (χ4n) is 4.06. The van der Waals surface area contributed by atoms with Crippen LogP contribution in [0.15, 0.2) is 36.4 Å². The number of amides is 2. The molecular formula is C25H31N3O5. The number of anilines is 2. The van der Waals surface area contributed by atoms with Crippen molar-refractivity contribution in [2.75, 3.05) is 49.9 Å². The molecule has 2 N–H and O–H groups in total. The van der Waals surface area contributed by atoms with Crippen LogP contribution in [0.1, 0.15) is 53.3 Å². The van der Waals surface area contributed by atoms with Crippen LogP contribution in [0.2, 0.25) is 0 Å². The summed E-state index contributed by atoms with van der Waals surface area (Å²) in [5, 5.41) is 5.89. The second-order valence-corrected chi connectivity index (χ2v) is 8.11. The molecule has 4 rings (SSSR count). The molecule has 8 heteroatoms. The molecule has 2 amide bonds. The van der Waals surface area contributed by atoms with E-state index in [0.29, 0.717) is 48.1 Å². The predicted molar refractivity (Wildman–Crippen MR) is 126 cm³/mol. The number of carbonyl (C=O) groups excluding carboxylic acids is 2. The maximum atomic E-state index is 13.1. The summed E-state index contributed by atoms with van der Waals surface area (Å²) in [5.74, 6) is 0.754. The molecule has 0 aliphatic carbocycles. The van der Waals surface area contributed by atoms with E-state index in [-0.39, 0.29) is 18.6 Å². The van der Waals surface area contributed by atoms with Gasteiger partial charge in [0.1, 0.15) is 0 Å². The van der Waals surface area contributed by atoms with E-state index >= 15 is 0 Å². The lowest BCUT2D eigenvalue weighted by Crippen LogP contribution is -2.33. The molecule has 0 unspecified atom stereocenters. The van der Waals surface area contributed by atoms with Crippen LogP contribution in [0, 0.1) is 0 Å². The number of hydrogen-bond acceptors (Lipinski definition) is 6. The molecule has 2 heterocycles. The summed E-state index contributed by atoms with van der Waals surface area (Å²) in [6.07, 6.45) is 4.17. The zero-order valence-electron chi connectivity index (χ0n) is 19.0. The molecule has 0 spiro atoms. The molecule has 2 aromatic carbocycles. The Morgan fingerprint density at radius 3 is 2.64 bits per heavy atom. The Labute approximate surface area is 194 Å². The van der Waals surface area contributed by atoms with Crippen LogP contribution in [0.5, 0.6) is 11.5 Å². The van der Waals surface area contributed by atoms with Crippen LogP contribution in [-0.2, 0) is 4.74 Å². The molecule has 8 nitrogen and oxygen atoms in total. The van der Waals surface area contributed by atoms with Gasteiger partial charge in [0.25, 0.3) is 11.8 Å². The molecule has 2 aliphatic rings. The van der Waals surface area contributed by atoms with Crippen LogP contribution in [0.4, 0.5) is 11.4 Å². The highest BCUT2D eigenvalue weighted by atomic mass is 16.7. The van der Waals surface area contributed by atoms with Gasteiger partial charge in [0, 0.05) is 49.8 Å². The summed E-state index contributed by atoms with van der Waals surface area (Å²) < 4.78 is 16.0.